The molecular formula is C17H15ClF2N2O3. The molecule has 2 rings (SSSR count). The number of amides is 2. The summed E-state index contributed by atoms with van der Waals surface area (Å²) in [6.07, 6.45) is 0. The van der Waals surface area contributed by atoms with Gasteiger partial charge in [0.05, 0.1) is 5.69 Å². The van der Waals surface area contributed by atoms with Crippen molar-refractivity contribution in [3.8, 4) is 0 Å². The van der Waals surface area contributed by atoms with E-state index in [0.29, 0.717) is 16.7 Å². The molecule has 0 aliphatic rings. The lowest BCUT2D eigenvalue weighted by atomic mass is 10.2. The van der Waals surface area contributed by atoms with Crippen LogP contribution in [0.2, 0.25) is 5.02 Å². The first-order valence-electron chi connectivity index (χ1n) is 7.28. The minimum Gasteiger partial charge on any atom is -0.480 e. The maximum absolute atomic E-state index is 13.7. The van der Waals surface area contributed by atoms with Gasteiger partial charge >= 0.3 is 12.0 Å². The summed E-state index contributed by atoms with van der Waals surface area (Å²) < 4.78 is 26.7. The normalized spacial score (nSPS) is 11.7. The highest BCUT2D eigenvalue weighted by atomic mass is 35.5. The molecule has 5 nitrogen and oxygen atoms in total. The maximum Gasteiger partial charge on any atom is 0.326 e. The summed E-state index contributed by atoms with van der Waals surface area (Å²) in [5.74, 6) is -2.99. The quantitative estimate of drug-likeness (QED) is 0.833. The lowest BCUT2D eigenvalue weighted by molar-refractivity contribution is -0.141. The third-order valence-corrected chi connectivity index (χ3v) is 3.93. The van der Waals surface area contributed by atoms with E-state index in [1.807, 2.05) is 0 Å². The van der Waals surface area contributed by atoms with Gasteiger partial charge in [-0.15, -0.1) is 0 Å². The van der Waals surface area contributed by atoms with Crippen molar-refractivity contribution < 1.29 is 23.5 Å². The second-order valence-electron chi connectivity index (χ2n) is 5.29. The molecule has 1 atom stereocenters. The first kappa shape index (κ1) is 18.7. The molecule has 25 heavy (non-hydrogen) atoms. The zero-order valence-corrected chi connectivity index (χ0v) is 13.9. The monoisotopic (exact) mass is 368 g/mol. The van der Waals surface area contributed by atoms with Gasteiger partial charge in [-0.05, 0) is 30.7 Å². The number of benzene rings is 2. The fraction of sp³-hybridized carbons (Fsp3) is 0.176. The first-order valence-corrected chi connectivity index (χ1v) is 7.66. The van der Waals surface area contributed by atoms with E-state index in [1.54, 1.807) is 24.3 Å². The Morgan fingerprint density at radius 3 is 2.52 bits per heavy atom. The van der Waals surface area contributed by atoms with Crippen molar-refractivity contribution in [3.05, 3.63) is 64.7 Å². The number of nitrogens with zero attached hydrogens (tertiary/aromatic N) is 1. The standard InChI is InChI=1S/C17H15ClF2N2O3/c1-10(16(23)24)22(9-11-4-2-3-5-13(11)18)17(25)21-15-7-6-12(19)8-14(15)20/h2-8,10H,9H2,1H3,(H,21,25)(H,23,24). The minimum absolute atomic E-state index is 0.0954. The van der Waals surface area contributed by atoms with Gasteiger partial charge in [0, 0.05) is 17.6 Å². The van der Waals surface area contributed by atoms with Gasteiger partial charge in [0.1, 0.15) is 17.7 Å². The number of hydrogen-bond donors (Lipinski definition) is 2. The minimum atomic E-state index is -1.23. The van der Waals surface area contributed by atoms with Crippen molar-refractivity contribution in [1.82, 2.24) is 4.90 Å². The van der Waals surface area contributed by atoms with Gasteiger partial charge in [-0.3, -0.25) is 0 Å². The van der Waals surface area contributed by atoms with Crippen molar-refractivity contribution >= 4 is 29.3 Å². The van der Waals surface area contributed by atoms with Gasteiger partial charge in [-0.2, -0.15) is 0 Å². The Balaban J connectivity index is 2.26. The molecular weight excluding hydrogens is 354 g/mol. The summed E-state index contributed by atoms with van der Waals surface area (Å²) in [7, 11) is 0. The van der Waals surface area contributed by atoms with Crippen LogP contribution in [0.25, 0.3) is 0 Å². The molecule has 2 aromatic rings. The van der Waals surface area contributed by atoms with E-state index >= 15 is 0 Å². The molecule has 0 fully saturated rings. The fourth-order valence-corrected chi connectivity index (χ4v) is 2.30. The Hall–Kier alpha value is -2.67. The molecule has 0 heterocycles. The number of aliphatic carboxylic acids is 1. The number of carbonyl (C=O) groups is 2. The number of nitrogens with one attached hydrogen (secondary N) is 1. The van der Waals surface area contributed by atoms with Crippen molar-refractivity contribution in [3.63, 3.8) is 0 Å². The van der Waals surface area contributed by atoms with Gasteiger partial charge in [0.15, 0.2) is 0 Å². The molecule has 2 aromatic carbocycles. The van der Waals surface area contributed by atoms with Crippen LogP contribution in [-0.2, 0) is 11.3 Å². The van der Waals surface area contributed by atoms with E-state index in [0.717, 1.165) is 17.0 Å². The van der Waals surface area contributed by atoms with E-state index in [9.17, 15) is 23.5 Å². The van der Waals surface area contributed by atoms with Crippen LogP contribution in [0.3, 0.4) is 0 Å². The second kappa shape index (κ2) is 7.94. The van der Waals surface area contributed by atoms with Crippen molar-refractivity contribution in [2.75, 3.05) is 5.32 Å². The van der Waals surface area contributed by atoms with Crippen LogP contribution in [0.1, 0.15) is 12.5 Å². The molecule has 8 heteroatoms. The topological polar surface area (TPSA) is 69.6 Å². The largest absolute Gasteiger partial charge is 0.480 e. The van der Waals surface area contributed by atoms with Crippen LogP contribution in [0.4, 0.5) is 19.3 Å². The summed E-state index contributed by atoms with van der Waals surface area (Å²) in [6, 6.07) is 7.27. The van der Waals surface area contributed by atoms with E-state index < -0.39 is 29.7 Å². The average molecular weight is 369 g/mol. The van der Waals surface area contributed by atoms with Crippen molar-refractivity contribution in [2.45, 2.75) is 19.5 Å². The number of carboxylic acids is 1. The molecule has 2 N–H and O–H groups in total. The van der Waals surface area contributed by atoms with Crippen molar-refractivity contribution in [2.24, 2.45) is 0 Å². The van der Waals surface area contributed by atoms with E-state index in [4.69, 9.17) is 11.6 Å². The number of carboxylic acid groups (broad SMARTS) is 1. The number of rotatable bonds is 5. The van der Waals surface area contributed by atoms with Crippen LogP contribution in [0, 0.1) is 11.6 Å². The van der Waals surface area contributed by atoms with E-state index in [1.165, 1.54) is 6.92 Å². The molecule has 0 aliphatic heterocycles. The lowest BCUT2D eigenvalue weighted by Crippen LogP contribution is -2.45. The van der Waals surface area contributed by atoms with E-state index in [-0.39, 0.29) is 12.2 Å². The van der Waals surface area contributed by atoms with Gasteiger partial charge in [0.25, 0.3) is 0 Å². The van der Waals surface area contributed by atoms with Crippen LogP contribution in [-0.4, -0.2) is 28.0 Å². The Morgan fingerprint density at radius 2 is 1.92 bits per heavy atom. The van der Waals surface area contributed by atoms with Crippen LogP contribution < -0.4 is 5.32 Å². The predicted octanol–water partition coefficient (Wildman–Crippen LogP) is 4.13. The maximum atomic E-state index is 13.7. The summed E-state index contributed by atoms with van der Waals surface area (Å²) in [4.78, 5) is 24.8. The van der Waals surface area contributed by atoms with Gasteiger partial charge in [0.2, 0.25) is 0 Å². The lowest BCUT2D eigenvalue weighted by Gasteiger charge is -2.27. The molecule has 0 spiro atoms. The van der Waals surface area contributed by atoms with Crippen molar-refractivity contribution in [1.29, 1.82) is 0 Å². The Kier molecular flexibility index (Phi) is 5.93. The molecule has 0 aromatic heterocycles. The summed E-state index contributed by atoms with van der Waals surface area (Å²) >= 11 is 6.05. The third kappa shape index (κ3) is 4.67. The molecule has 0 saturated heterocycles. The Morgan fingerprint density at radius 1 is 1.24 bits per heavy atom. The SMILES string of the molecule is CC(C(=O)O)N(Cc1ccccc1Cl)C(=O)Nc1ccc(F)cc1F. The highest BCUT2D eigenvalue weighted by Gasteiger charge is 2.27. The third-order valence-electron chi connectivity index (χ3n) is 3.56. The number of urea groups is 1. The summed E-state index contributed by atoms with van der Waals surface area (Å²) in [5.41, 5.74) is 0.278. The highest BCUT2D eigenvalue weighted by molar-refractivity contribution is 6.31. The average Bonchev–Trinajstić information content (AvgIpc) is 2.56. The van der Waals surface area contributed by atoms with Gasteiger partial charge in [-0.1, -0.05) is 29.8 Å². The molecule has 0 aliphatic carbocycles. The number of hydrogen-bond acceptors (Lipinski definition) is 2. The fourth-order valence-electron chi connectivity index (χ4n) is 2.11. The molecule has 0 bridgehead atoms. The smallest absolute Gasteiger partial charge is 0.326 e. The van der Waals surface area contributed by atoms with E-state index in [2.05, 4.69) is 5.32 Å². The predicted molar refractivity (Wildman–Crippen MR) is 89.5 cm³/mol. The summed E-state index contributed by atoms with van der Waals surface area (Å²) in [6.45, 7) is 1.22. The first-order chi connectivity index (χ1) is 11.8. The molecule has 132 valence electrons. The number of anilines is 1. The van der Waals surface area contributed by atoms with Crippen LogP contribution in [0.5, 0.6) is 0 Å². The molecule has 0 saturated carbocycles. The molecule has 1 unspecified atom stereocenters. The van der Waals surface area contributed by atoms with Gasteiger partial charge in [-0.25, -0.2) is 18.4 Å². The second-order valence-corrected chi connectivity index (χ2v) is 5.70. The Bertz CT molecular complexity index is 801. The number of halogens is 3. The Labute approximate surface area is 147 Å². The van der Waals surface area contributed by atoms with Crippen LogP contribution >= 0.6 is 11.6 Å². The van der Waals surface area contributed by atoms with Crippen LogP contribution in [0.15, 0.2) is 42.5 Å². The number of carbonyl (C=O) groups excluding carboxylic acids is 1. The molecule has 0 radical (unpaired) electrons. The zero-order chi connectivity index (χ0) is 18.6. The zero-order valence-electron chi connectivity index (χ0n) is 13.2. The summed E-state index contributed by atoms with van der Waals surface area (Å²) in [5, 5.41) is 11.8. The highest BCUT2D eigenvalue weighted by Crippen LogP contribution is 2.20. The molecule has 2 amide bonds. The van der Waals surface area contributed by atoms with Gasteiger partial charge < -0.3 is 15.3 Å².